The van der Waals surface area contributed by atoms with E-state index in [1.165, 1.54) is 6.08 Å². The number of urea groups is 1. The molecule has 2 aromatic carbocycles. The Kier molecular flexibility index (Phi) is 6.97. The molecule has 1 heterocycles. The van der Waals surface area contributed by atoms with Crippen LogP contribution in [0.1, 0.15) is 31.4 Å². The Balaban J connectivity index is 1.68. The minimum absolute atomic E-state index is 0.0249. The van der Waals surface area contributed by atoms with Crippen LogP contribution < -0.4 is 15.4 Å². The van der Waals surface area contributed by atoms with Gasteiger partial charge in [0.2, 0.25) is 5.91 Å². The zero-order valence-corrected chi connectivity index (χ0v) is 18.3. The van der Waals surface area contributed by atoms with Crippen LogP contribution in [0, 0.1) is 6.92 Å². The second-order valence-electron chi connectivity index (χ2n) is 7.32. The van der Waals surface area contributed by atoms with Crippen LogP contribution in [0.5, 0.6) is 5.75 Å². The maximum Gasteiger partial charge on any atom is 0.329 e. The van der Waals surface area contributed by atoms with Gasteiger partial charge in [0, 0.05) is 5.69 Å². The second-order valence-corrected chi connectivity index (χ2v) is 7.73. The number of nitrogens with one attached hydrogen (secondary N) is 2. The first-order chi connectivity index (χ1) is 14.8. The van der Waals surface area contributed by atoms with Crippen LogP contribution >= 0.6 is 11.6 Å². The number of carbonyl (C=O) groups is 3. The monoisotopic (exact) mass is 441 g/mol. The van der Waals surface area contributed by atoms with E-state index in [0.29, 0.717) is 22.0 Å². The molecular weight excluding hydrogens is 418 g/mol. The second kappa shape index (κ2) is 9.66. The van der Waals surface area contributed by atoms with Gasteiger partial charge in [-0.15, -0.1) is 0 Å². The third-order valence-electron chi connectivity index (χ3n) is 4.74. The van der Waals surface area contributed by atoms with Gasteiger partial charge in [-0.25, -0.2) is 9.69 Å². The van der Waals surface area contributed by atoms with Gasteiger partial charge in [-0.1, -0.05) is 36.7 Å². The van der Waals surface area contributed by atoms with Crippen molar-refractivity contribution in [2.75, 3.05) is 11.9 Å². The molecule has 1 fully saturated rings. The molecule has 8 heteroatoms. The number of imide groups is 1. The van der Waals surface area contributed by atoms with Crippen LogP contribution in [0.25, 0.3) is 6.08 Å². The summed E-state index contributed by atoms with van der Waals surface area (Å²) in [6.07, 6.45) is 2.38. The number of nitrogens with zero attached hydrogens (tertiary/aromatic N) is 1. The predicted octanol–water partition coefficient (Wildman–Crippen LogP) is 4.36. The molecule has 4 amide bonds. The number of aryl methyl sites for hydroxylation is 1. The maximum absolute atomic E-state index is 12.6. The first-order valence-corrected chi connectivity index (χ1v) is 10.3. The SMILES string of the molecule is CC[C@@H](C)Oc1ccc(/C=C2/NC(=O)N(CC(=O)Nc3cccc(C)c3)C2=O)cc1Cl. The van der Waals surface area contributed by atoms with Crippen molar-refractivity contribution in [1.29, 1.82) is 0 Å². The smallest absolute Gasteiger partial charge is 0.329 e. The van der Waals surface area contributed by atoms with Crippen LogP contribution in [0.2, 0.25) is 5.02 Å². The molecule has 3 rings (SSSR count). The van der Waals surface area contributed by atoms with Gasteiger partial charge >= 0.3 is 6.03 Å². The molecule has 162 valence electrons. The first kappa shape index (κ1) is 22.4. The quantitative estimate of drug-likeness (QED) is 0.493. The number of rotatable bonds is 7. The topological polar surface area (TPSA) is 87.7 Å². The Hall–Kier alpha value is -3.32. The lowest BCUT2D eigenvalue weighted by molar-refractivity contribution is -0.127. The molecule has 0 bridgehead atoms. The zero-order chi connectivity index (χ0) is 22.5. The van der Waals surface area contributed by atoms with E-state index in [-0.39, 0.29) is 11.8 Å². The summed E-state index contributed by atoms with van der Waals surface area (Å²) in [5.41, 5.74) is 2.27. The number of anilines is 1. The molecule has 0 saturated carbocycles. The standard InChI is InChI=1S/C23H24ClN3O4/c1-4-15(3)31-20-9-8-16(11-18(20)24)12-19-22(29)27(23(30)26-19)13-21(28)25-17-7-5-6-14(2)10-17/h5-12,15H,4,13H2,1-3H3,(H,25,28)(H,26,30)/b19-12+/t15-/m1/s1. The minimum atomic E-state index is -0.654. The Morgan fingerprint density at radius 2 is 2.03 bits per heavy atom. The minimum Gasteiger partial charge on any atom is -0.489 e. The molecule has 0 unspecified atom stereocenters. The largest absolute Gasteiger partial charge is 0.489 e. The lowest BCUT2D eigenvalue weighted by Gasteiger charge is -2.14. The molecule has 2 N–H and O–H groups in total. The van der Waals surface area contributed by atoms with Crippen molar-refractivity contribution >= 4 is 41.2 Å². The van der Waals surface area contributed by atoms with Crippen molar-refractivity contribution in [2.45, 2.75) is 33.3 Å². The molecule has 0 radical (unpaired) electrons. The van der Waals surface area contributed by atoms with Gasteiger partial charge in [0.1, 0.15) is 18.0 Å². The van der Waals surface area contributed by atoms with E-state index in [0.717, 1.165) is 16.9 Å². The summed E-state index contributed by atoms with van der Waals surface area (Å²) in [6.45, 7) is 5.47. The van der Waals surface area contributed by atoms with E-state index < -0.39 is 24.4 Å². The molecular formula is C23H24ClN3O4. The number of carbonyl (C=O) groups excluding carboxylic acids is 3. The number of amides is 4. The van der Waals surface area contributed by atoms with Crippen molar-refractivity contribution in [1.82, 2.24) is 10.2 Å². The highest BCUT2D eigenvalue weighted by atomic mass is 35.5. The fraction of sp³-hybridized carbons (Fsp3) is 0.261. The molecule has 7 nitrogen and oxygen atoms in total. The van der Waals surface area contributed by atoms with E-state index in [4.69, 9.17) is 16.3 Å². The Bertz CT molecular complexity index is 1050. The Morgan fingerprint density at radius 3 is 2.71 bits per heavy atom. The molecule has 2 aromatic rings. The Morgan fingerprint density at radius 1 is 1.26 bits per heavy atom. The molecule has 0 spiro atoms. The van der Waals surface area contributed by atoms with Crippen LogP contribution in [-0.2, 0) is 9.59 Å². The summed E-state index contributed by atoms with van der Waals surface area (Å²) in [6, 6.07) is 11.7. The molecule has 1 aliphatic rings. The molecule has 0 aromatic heterocycles. The van der Waals surface area contributed by atoms with Gasteiger partial charge in [0.15, 0.2) is 0 Å². The summed E-state index contributed by atoms with van der Waals surface area (Å²) in [5.74, 6) is -0.500. The van der Waals surface area contributed by atoms with Gasteiger partial charge in [-0.05, 0) is 61.7 Å². The summed E-state index contributed by atoms with van der Waals surface area (Å²) in [5, 5.41) is 5.59. The molecule has 1 atom stereocenters. The van der Waals surface area contributed by atoms with Gasteiger partial charge in [0.25, 0.3) is 5.91 Å². The zero-order valence-electron chi connectivity index (χ0n) is 17.6. The van der Waals surface area contributed by atoms with Crippen molar-refractivity contribution in [3.63, 3.8) is 0 Å². The summed E-state index contributed by atoms with van der Waals surface area (Å²) in [7, 11) is 0. The summed E-state index contributed by atoms with van der Waals surface area (Å²) < 4.78 is 5.73. The van der Waals surface area contributed by atoms with Gasteiger partial charge in [-0.2, -0.15) is 0 Å². The van der Waals surface area contributed by atoms with Crippen LogP contribution in [0.15, 0.2) is 48.2 Å². The highest BCUT2D eigenvalue weighted by Gasteiger charge is 2.34. The summed E-state index contributed by atoms with van der Waals surface area (Å²) in [4.78, 5) is 38.0. The van der Waals surface area contributed by atoms with Gasteiger partial charge in [-0.3, -0.25) is 9.59 Å². The lowest BCUT2D eigenvalue weighted by Crippen LogP contribution is -2.38. The Labute approximate surface area is 186 Å². The van der Waals surface area contributed by atoms with Crippen LogP contribution in [0.3, 0.4) is 0 Å². The molecule has 1 aliphatic heterocycles. The van der Waals surface area contributed by atoms with E-state index in [2.05, 4.69) is 10.6 Å². The van der Waals surface area contributed by atoms with Gasteiger partial charge in [0.05, 0.1) is 11.1 Å². The van der Waals surface area contributed by atoms with E-state index in [1.54, 1.807) is 30.3 Å². The maximum atomic E-state index is 12.6. The van der Waals surface area contributed by atoms with Gasteiger partial charge < -0.3 is 15.4 Å². The number of benzene rings is 2. The number of hydrogen-bond donors (Lipinski definition) is 2. The van der Waals surface area contributed by atoms with Crippen molar-refractivity contribution in [3.05, 3.63) is 64.3 Å². The average Bonchev–Trinajstić information content (AvgIpc) is 2.97. The third-order valence-corrected chi connectivity index (χ3v) is 5.03. The number of hydrogen-bond acceptors (Lipinski definition) is 4. The highest BCUT2D eigenvalue weighted by molar-refractivity contribution is 6.32. The van der Waals surface area contributed by atoms with E-state index >= 15 is 0 Å². The fourth-order valence-corrected chi connectivity index (χ4v) is 3.18. The number of ether oxygens (including phenoxy) is 1. The molecule has 1 saturated heterocycles. The number of halogens is 1. The average molecular weight is 442 g/mol. The predicted molar refractivity (Wildman–Crippen MR) is 120 cm³/mol. The van der Waals surface area contributed by atoms with E-state index in [1.807, 2.05) is 32.9 Å². The van der Waals surface area contributed by atoms with Crippen molar-refractivity contribution in [2.24, 2.45) is 0 Å². The van der Waals surface area contributed by atoms with Crippen molar-refractivity contribution < 1.29 is 19.1 Å². The lowest BCUT2D eigenvalue weighted by atomic mass is 10.1. The fourth-order valence-electron chi connectivity index (χ4n) is 2.95. The summed E-state index contributed by atoms with van der Waals surface area (Å²) >= 11 is 6.28. The normalized spacial score (nSPS) is 15.7. The van der Waals surface area contributed by atoms with E-state index in [9.17, 15) is 14.4 Å². The molecule has 0 aliphatic carbocycles. The third kappa shape index (κ3) is 5.64. The van der Waals surface area contributed by atoms with Crippen LogP contribution in [0.4, 0.5) is 10.5 Å². The van der Waals surface area contributed by atoms with Crippen molar-refractivity contribution in [3.8, 4) is 5.75 Å². The highest BCUT2D eigenvalue weighted by Crippen LogP contribution is 2.28. The van der Waals surface area contributed by atoms with Crippen LogP contribution in [-0.4, -0.2) is 35.4 Å². The molecule has 31 heavy (non-hydrogen) atoms. The first-order valence-electron chi connectivity index (χ1n) is 9.94.